The Balaban J connectivity index is 0. The van der Waals surface area contributed by atoms with E-state index in [-0.39, 0.29) is 26.7 Å². The first-order valence-electron chi connectivity index (χ1n) is 7.15. The van der Waals surface area contributed by atoms with Crippen LogP contribution in [-0.4, -0.2) is 42.8 Å². The van der Waals surface area contributed by atoms with Crippen molar-refractivity contribution in [3.63, 3.8) is 0 Å². The van der Waals surface area contributed by atoms with Gasteiger partial charge >= 0.3 is 21.1 Å². The Hall–Kier alpha value is -1.43. The van der Waals surface area contributed by atoms with E-state index in [1.54, 1.807) is 0 Å². The molecule has 0 bridgehead atoms. The van der Waals surface area contributed by atoms with E-state index in [0.717, 1.165) is 11.3 Å². The van der Waals surface area contributed by atoms with Crippen LogP contribution >= 0.6 is 0 Å². The molecular formula is C16H25N3O4W. The van der Waals surface area contributed by atoms with E-state index in [1.165, 1.54) is 13.5 Å². The van der Waals surface area contributed by atoms with E-state index in [4.69, 9.17) is 15.6 Å². The zero-order valence-electron chi connectivity index (χ0n) is 14.4. The van der Waals surface area contributed by atoms with Gasteiger partial charge in [0.15, 0.2) is 0 Å². The van der Waals surface area contributed by atoms with E-state index >= 15 is 0 Å². The van der Waals surface area contributed by atoms with Gasteiger partial charge in [-0.05, 0) is 44.9 Å². The van der Waals surface area contributed by atoms with Gasteiger partial charge in [0, 0.05) is 0 Å². The van der Waals surface area contributed by atoms with Gasteiger partial charge in [-0.25, -0.2) is 0 Å². The van der Waals surface area contributed by atoms with Gasteiger partial charge in [0.1, 0.15) is 18.1 Å². The number of aliphatic hydroxyl groups excluding tert-OH is 1. The van der Waals surface area contributed by atoms with Crippen LogP contribution in [0, 0.1) is 0 Å². The minimum atomic E-state index is -0.774. The molecule has 0 aliphatic heterocycles. The summed E-state index contributed by atoms with van der Waals surface area (Å²) in [5.41, 5.74) is 6.33. The summed E-state index contributed by atoms with van der Waals surface area (Å²) in [6.45, 7) is 5.40. The first-order chi connectivity index (χ1) is 10.9. The predicted octanol–water partition coefficient (Wildman–Crippen LogP) is 1.16. The van der Waals surface area contributed by atoms with Crippen molar-refractivity contribution in [3.8, 4) is 5.75 Å². The Labute approximate surface area is 157 Å². The molecular weight excluding hydrogens is 482 g/mol. The molecule has 1 aromatic carbocycles. The molecule has 7 nitrogen and oxygen atoms in total. The number of carbonyl (C=O) groups excluding carboxylic acids is 2. The number of ether oxygens (including phenoxy) is 1. The number of nitrogens with one attached hydrogen (secondary N) is 3. The molecule has 2 amide bonds. The molecule has 0 aromatic heterocycles. The van der Waals surface area contributed by atoms with Crippen molar-refractivity contribution < 1.29 is 40.5 Å². The van der Waals surface area contributed by atoms with Crippen molar-refractivity contribution in [1.82, 2.24) is 10.6 Å². The van der Waals surface area contributed by atoms with Crippen LogP contribution in [0.25, 0.3) is 5.73 Å². The fourth-order valence-electron chi connectivity index (χ4n) is 1.76. The predicted molar refractivity (Wildman–Crippen MR) is 88.6 cm³/mol. The number of rotatable bonds is 7. The third-order valence-corrected chi connectivity index (χ3v) is 2.59. The zero-order chi connectivity index (χ0) is 17.9. The third-order valence-electron chi connectivity index (χ3n) is 2.59. The molecule has 0 fully saturated rings. The van der Waals surface area contributed by atoms with Crippen molar-refractivity contribution >= 4 is 12.3 Å². The Morgan fingerprint density at radius 3 is 2.25 bits per heavy atom. The van der Waals surface area contributed by atoms with Crippen molar-refractivity contribution in [2.75, 3.05) is 13.8 Å². The van der Waals surface area contributed by atoms with Crippen LogP contribution in [0.5, 0.6) is 5.75 Å². The molecule has 0 saturated heterocycles. The molecule has 0 radical (unpaired) electrons. The molecule has 1 rings (SSSR count). The summed E-state index contributed by atoms with van der Waals surface area (Å²) < 4.78 is 5.70. The van der Waals surface area contributed by atoms with E-state index in [0.29, 0.717) is 6.42 Å². The van der Waals surface area contributed by atoms with Crippen LogP contribution in [0.3, 0.4) is 0 Å². The summed E-state index contributed by atoms with van der Waals surface area (Å²) in [7, 11) is 1.25. The second kappa shape index (κ2) is 12.9. The Morgan fingerprint density at radius 2 is 1.83 bits per heavy atom. The molecule has 0 aliphatic rings. The maximum atomic E-state index is 11.7. The first-order valence-corrected chi connectivity index (χ1v) is 7.15. The molecule has 134 valence electrons. The monoisotopic (exact) mass is 507 g/mol. The average Bonchev–Trinajstić information content (AvgIpc) is 2.49. The topological polar surface area (TPSA) is 111 Å². The summed E-state index contributed by atoms with van der Waals surface area (Å²) in [6, 6.07) is 6.50. The van der Waals surface area contributed by atoms with Gasteiger partial charge in [-0.2, -0.15) is 13.5 Å². The van der Waals surface area contributed by atoms with Gasteiger partial charge in [0.2, 0.25) is 5.91 Å². The van der Waals surface area contributed by atoms with Gasteiger partial charge in [-0.15, -0.1) is 0 Å². The molecule has 1 atom stereocenters. The Morgan fingerprint density at radius 1 is 1.29 bits per heavy atom. The van der Waals surface area contributed by atoms with Crippen LogP contribution in [0.2, 0.25) is 0 Å². The zero-order valence-corrected chi connectivity index (χ0v) is 17.3. The maximum absolute atomic E-state index is 11.7. The summed E-state index contributed by atoms with van der Waals surface area (Å²) >= 11 is 0. The van der Waals surface area contributed by atoms with E-state index < -0.39 is 18.7 Å². The quantitative estimate of drug-likeness (QED) is 0.292. The molecule has 0 saturated carbocycles. The standard InChI is InChI=1S/C15H21N2O4.CH4N.W/c1-15(2,3)21-12-6-4-11(5-7-12)8-13(16-9-18)14(20)17-10-19;1-2;/h4-7,13,19H,8,10H2,1-3H3,(H,16,18)(H,17,20);2H,1H3;/q2*-1;+2. The number of hydrogen-bond donors (Lipinski definition) is 3. The first kappa shape index (κ1) is 24.8. The average molecular weight is 507 g/mol. The molecule has 1 unspecified atom stereocenters. The Kier molecular flexibility index (Phi) is 13.4. The van der Waals surface area contributed by atoms with Gasteiger partial charge < -0.3 is 31.0 Å². The molecule has 0 aliphatic carbocycles. The minimum Gasteiger partial charge on any atom is -0.680 e. The summed E-state index contributed by atoms with van der Waals surface area (Å²) in [5.74, 6) is 0.272. The van der Waals surface area contributed by atoms with Crippen molar-refractivity contribution in [1.29, 1.82) is 0 Å². The summed E-state index contributed by atoms with van der Waals surface area (Å²) in [4.78, 5) is 22.1. The summed E-state index contributed by atoms with van der Waals surface area (Å²) in [6.07, 6.45) is 1.81. The molecule has 24 heavy (non-hydrogen) atoms. The normalized spacial score (nSPS) is 11.1. The minimum absolute atomic E-state index is 0. The van der Waals surface area contributed by atoms with Crippen LogP contribution in [0.1, 0.15) is 26.3 Å². The molecule has 0 spiro atoms. The largest absolute Gasteiger partial charge is 2.00 e. The number of aliphatic hydroxyl groups is 1. The van der Waals surface area contributed by atoms with Gasteiger partial charge in [0.05, 0.1) is 6.04 Å². The van der Waals surface area contributed by atoms with E-state index in [1.807, 2.05) is 45.0 Å². The van der Waals surface area contributed by atoms with Crippen LogP contribution in [-0.2, 0) is 37.1 Å². The van der Waals surface area contributed by atoms with Crippen molar-refractivity contribution in [3.05, 3.63) is 35.6 Å². The van der Waals surface area contributed by atoms with E-state index in [9.17, 15) is 9.59 Å². The fraction of sp³-hybridized carbons (Fsp3) is 0.500. The third kappa shape index (κ3) is 10.4. The summed E-state index contributed by atoms with van der Waals surface area (Å²) in [5, 5.41) is 13.2. The number of amides is 2. The Bertz CT molecular complexity index is 475. The van der Waals surface area contributed by atoms with Gasteiger partial charge in [-0.1, -0.05) is 12.1 Å². The molecule has 1 aromatic rings. The molecule has 8 heteroatoms. The van der Waals surface area contributed by atoms with Crippen LogP contribution in [0.4, 0.5) is 0 Å². The van der Waals surface area contributed by atoms with Crippen LogP contribution < -0.4 is 15.4 Å². The SMILES string of the molecule is CC(C)(C)Oc1ccc(CC(N[C-]=O)C(=O)NCO)cc1.C[NH-].[W+2]. The maximum Gasteiger partial charge on any atom is 2.00 e. The number of benzene rings is 1. The smallest absolute Gasteiger partial charge is 0.680 e. The second-order valence-electron chi connectivity index (χ2n) is 5.56. The van der Waals surface area contributed by atoms with Crippen molar-refractivity contribution in [2.45, 2.75) is 38.8 Å². The van der Waals surface area contributed by atoms with E-state index in [2.05, 4.69) is 10.6 Å². The van der Waals surface area contributed by atoms with Crippen LogP contribution in [0.15, 0.2) is 24.3 Å². The molecule has 0 heterocycles. The van der Waals surface area contributed by atoms with Gasteiger partial charge in [0.25, 0.3) is 0 Å². The molecule has 4 N–H and O–H groups in total. The second-order valence-corrected chi connectivity index (χ2v) is 5.56. The fourth-order valence-corrected chi connectivity index (χ4v) is 1.76. The number of carbonyl (C=O) groups is 1. The number of hydrogen-bond acceptors (Lipinski definition) is 4. The van der Waals surface area contributed by atoms with Crippen molar-refractivity contribution in [2.24, 2.45) is 0 Å². The van der Waals surface area contributed by atoms with Gasteiger partial charge in [-0.3, -0.25) is 4.79 Å².